The highest BCUT2D eigenvalue weighted by atomic mass is 79.9. The van der Waals surface area contributed by atoms with E-state index in [1.54, 1.807) is 0 Å². The van der Waals surface area contributed by atoms with Crippen LogP contribution < -0.4 is 0 Å². The molecule has 2 rings (SSSR count). The van der Waals surface area contributed by atoms with Crippen LogP contribution in [0.15, 0.2) is 28.7 Å². The third-order valence-electron chi connectivity index (χ3n) is 2.86. The Kier molecular flexibility index (Phi) is 2.73. The first-order valence-corrected chi connectivity index (χ1v) is 5.80. The van der Waals surface area contributed by atoms with Crippen LogP contribution in [0.5, 0.6) is 0 Å². The van der Waals surface area contributed by atoms with E-state index in [4.69, 9.17) is 0 Å². The summed E-state index contributed by atoms with van der Waals surface area (Å²) in [6.07, 6.45) is 1.71. The lowest BCUT2D eigenvalue weighted by Gasteiger charge is -2.01. The molecule has 1 nitrogen and oxygen atoms in total. The number of ketones is 1. The van der Waals surface area contributed by atoms with E-state index >= 15 is 0 Å². The minimum atomic E-state index is 0.290. The van der Waals surface area contributed by atoms with Crippen molar-refractivity contribution in [2.24, 2.45) is 5.92 Å². The van der Waals surface area contributed by atoms with Crippen LogP contribution >= 0.6 is 15.9 Å². The van der Waals surface area contributed by atoms with Crippen molar-refractivity contribution >= 4 is 21.7 Å². The minimum Gasteiger partial charge on any atom is -0.299 e. The number of hydrogen-bond donors (Lipinski definition) is 0. The fraction of sp³-hybridized carbons (Fsp3) is 0.417. The molecule has 0 N–H and O–H groups in total. The molecule has 0 bridgehead atoms. The molecule has 0 spiro atoms. The maximum atomic E-state index is 11.5. The van der Waals surface area contributed by atoms with Crippen molar-refractivity contribution in [1.29, 1.82) is 0 Å². The third-order valence-corrected chi connectivity index (χ3v) is 3.58. The molecule has 0 aromatic heterocycles. The Hall–Kier alpha value is -0.630. The molecule has 74 valence electrons. The predicted octanol–water partition coefficient (Wildman–Crippen LogP) is 3.53. The molecule has 2 unspecified atom stereocenters. The Morgan fingerprint density at radius 1 is 1.50 bits per heavy atom. The van der Waals surface area contributed by atoms with Gasteiger partial charge in [0.25, 0.3) is 0 Å². The summed E-state index contributed by atoms with van der Waals surface area (Å²) in [5.41, 5.74) is 1.29. The topological polar surface area (TPSA) is 17.1 Å². The second-order valence-corrected chi connectivity index (χ2v) is 4.64. The molecule has 1 aromatic rings. The molecule has 0 heterocycles. The van der Waals surface area contributed by atoms with Gasteiger partial charge in [0.2, 0.25) is 0 Å². The third kappa shape index (κ3) is 1.76. The van der Waals surface area contributed by atoms with Crippen molar-refractivity contribution in [3.63, 3.8) is 0 Å². The summed E-state index contributed by atoms with van der Waals surface area (Å²) in [5.74, 6) is 1.17. The van der Waals surface area contributed by atoms with Gasteiger partial charge in [-0.1, -0.05) is 41.1 Å². The van der Waals surface area contributed by atoms with Gasteiger partial charge in [0.1, 0.15) is 5.78 Å². The van der Waals surface area contributed by atoms with Crippen LogP contribution in [0.1, 0.15) is 31.2 Å². The fourth-order valence-corrected chi connectivity index (χ4v) is 2.51. The molecule has 0 radical (unpaired) electrons. The van der Waals surface area contributed by atoms with E-state index < -0.39 is 0 Å². The van der Waals surface area contributed by atoms with Crippen molar-refractivity contribution in [1.82, 2.24) is 0 Å². The zero-order valence-corrected chi connectivity index (χ0v) is 9.75. The number of hydrogen-bond acceptors (Lipinski definition) is 1. The molecule has 0 aliphatic heterocycles. The maximum absolute atomic E-state index is 11.5. The zero-order chi connectivity index (χ0) is 10.1. The smallest absolute Gasteiger partial charge is 0.136 e. The second kappa shape index (κ2) is 3.85. The first-order chi connectivity index (χ1) is 6.74. The van der Waals surface area contributed by atoms with Crippen LogP contribution in [0.3, 0.4) is 0 Å². The molecular weight excluding hydrogens is 240 g/mol. The van der Waals surface area contributed by atoms with Gasteiger partial charge in [0, 0.05) is 16.8 Å². The van der Waals surface area contributed by atoms with Gasteiger partial charge in [-0.2, -0.15) is 0 Å². The van der Waals surface area contributed by atoms with Crippen LogP contribution in [-0.2, 0) is 4.79 Å². The Labute approximate surface area is 92.6 Å². The van der Waals surface area contributed by atoms with Crippen LogP contribution in [0.2, 0.25) is 0 Å². The lowest BCUT2D eigenvalue weighted by Crippen LogP contribution is -1.99. The van der Waals surface area contributed by atoms with E-state index in [0.717, 1.165) is 10.9 Å². The van der Waals surface area contributed by atoms with Crippen molar-refractivity contribution in [2.45, 2.75) is 25.7 Å². The summed E-state index contributed by atoms with van der Waals surface area (Å²) < 4.78 is 1.14. The number of halogens is 1. The van der Waals surface area contributed by atoms with Gasteiger partial charge in [0.05, 0.1) is 0 Å². The fourth-order valence-electron chi connectivity index (χ4n) is 1.93. The average molecular weight is 253 g/mol. The van der Waals surface area contributed by atoms with E-state index in [0.29, 0.717) is 24.0 Å². The standard InChI is InChI=1S/C12H13BrO/c1-2-12(14)10-7-9(10)8-5-3-4-6-11(8)13/h3-6,9-10H,2,7H2,1H3. The molecule has 1 aromatic carbocycles. The van der Waals surface area contributed by atoms with E-state index in [9.17, 15) is 4.79 Å². The summed E-state index contributed by atoms with van der Waals surface area (Å²) in [5, 5.41) is 0. The van der Waals surface area contributed by atoms with Gasteiger partial charge >= 0.3 is 0 Å². The highest BCUT2D eigenvalue weighted by molar-refractivity contribution is 9.10. The number of benzene rings is 1. The van der Waals surface area contributed by atoms with Crippen molar-refractivity contribution in [3.05, 3.63) is 34.3 Å². The molecule has 2 atom stereocenters. The second-order valence-electron chi connectivity index (χ2n) is 3.79. The average Bonchev–Trinajstić information content (AvgIpc) is 2.97. The summed E-state index contributed by atoms with van der Waals surface area (Å²) in [7, 11) is 0. The molecule has 1 aliphatic carbocycles. The Balaban J connectivity index is 2.13. The van der Waals surface area contributed by atoms with Gasteiger partial charge in [-0.25, -0.2) is 0 Å². The molecule has 0 saturated heterocycles. The normalized spacial score (nSPS) is 24.7. The molecule has 14 heavy (non-hydrogen) atoms. The largest absolute Gasteiger partial charge is 0.299 e. The summed E-state index contributed by atoms with van der Waals surface area (Å²) in [6, 6.07) is 8.19. The predicted molar refractivity (Wildman–Crippen MR) is 60.3 cm³/mol. The number of Topliss-reactive ketones (excluding diaryl/α,β-unsaturated/α-hetero) is 1. The summed E-state index contributed by atoms with van der Waals surface area (Å²) in [6.45, 7) is 1.94. The van der Waals surface area contributed by atoms with Gasteiger partial charge in [-0.15, -0.1) is 0 Å². The van der Waals surface area contributed by atoms with Gasteiger partial charge in [-0.3, -0.25) is 4.79 Å². The lowest BCUT2D eigenvalue weighted by molar-refractivity contribution is -0.120. The van der Waals surface area contributed by atoms with E-state index in [-0.39, 0.29) is 0 Å². The highest BCUT2D eigenvalue weighted by Crippen LogP contribution is 2.50. The SMILES string of the molecule is CCC(=O)C1CC1c1ccccc1Br. The van der Waals surface area contributed by atoms with Crippen molar-refractivity contribution in [2.75, 3.05) is 0 Å². The van der Waals surface area contributed by atoms with E-state index in [1.165, 1.54) is 5.56 Å². The number of carbonyl (C=O) groups excluding carboxylic acids is 1. The Bertz CT molecular complexity index is 359. The van der Waals surface area contributed by atoms with E-state index in [2.05, 4.69) is 22.0 Å². The first-order valence-electron chi connectivity index (χ1n) is 5.01. The first kappa shape index (κ1) is 9.91. The number of carbonyl (C=O) groups is 1. The summed E-state index contributed by atoms with van der Waals surface area (Å²) in [4.78, 5) is 11.5. The molecule has 0 amide bonds. The maximum Gasteiger partial charge on any atom is 0.136 e. The quantitative estimate of drug-likeness (QED) is 0.805. The van der Waals surface area contributed by atoms with Gasteiger partial charge in [0.15, 0.2) is 0 Å². The summed E-state index contributed by atoms with van der Waals surface area (Å²) >= 11 is 3.52. The van der Waals surface area contributed by atoms with Gasteiger partial charge < -0.3 is 0 Å². The van der Waals surface area contributed by atoms with Crippen LogP contribution in [-0.4, -0.2) is 5.78 Å². The zero-order valence-electron chi connectivity index (χ0n) is 8.16. The van der Waals surface area contributed by atoms with Crippen LogP contribution in [0.25, 0.3) is 0 Å². The number of rotatable bonds is 3. The molecule has 2 heteroatoms. The van der Waals surface area contributed by atoms with Gasteiger partial charge in [-0.05, 0) is 24.0 Å². The van der Waals surface area contributed by atoms with Crippen molar-refractivity contribution < 1.29 is 4.79 Å². The van der Waals surface area contributed by atoms with E-state index in [1.807, 2.05) is 25.1 Å². The van der Waals surface area contributed by atoms with Crippen LogP contribution in [0, 0.1) is 5.92 Å². The lowest BCUT2D eigenvalue weighted by atomic mass is 10.1. The van der Waals surface area contributed by atoms with Crippen LogP contribution in [0.4, 0.5) is 0 Å². The Morgan fingerprint density at radius 2 is 2.21 bits per heavy atom. The Morgan fingerprint density at radius 3 is 2.86 bits per heavy atom. The molecule has 1 fully saturated rings. The minimum absolute atomic E-state index is 0.290. The monoisotopic (exact) mass is 252 g/mol. The molecular formula is C12H13BrO. The molecule has 1 saturated carbocycles. The molecule has 1 aliphatic rings. The van der Waals surface area contributed by atoms with Crippen molar-refractivity contribution in [3.8, 4) is 0 Å². The highest BCUT2D eigenvalue weighted by Gasteiger charge is 2.43.